The molecule has 2 aromatic heterocycles. The molecular weight excluding hydrogens is 360 g/mol. The highest BCUT2D eigenvalue weighted by Gasteiger charge is 2.11. The molecular formula is C17H19ClN4O2S. The van der Waals surface area contributed by atoms with E-state index < -0.39 is 10.0 Å². The van der Waals surface area contributed by atoms with Crippen molar-refractivity contribution in [2.24, 2.45) is 7.05 Å². The molecule has 0 radical (unpaired) electrons. The number of nitrogens with one attached hydrogen (secondary N) is 2. The molecule has 0 unspecified atom stereocenters. The lowest BCUT2D eigenvalue weighted by Gasteiger charge is -2.06. The molecule has 0 aliphatic heterocycles. The Balaban J connectivity index is 1.67. The zero-order valence-electron chi connectivity index (χ0n) is 14.0. The van der Waals surface area contributed by atoms with E-state index in [-0.39, 0.29) is 4.90 Å². The van der Waals surface area contributed by atoms with Gasteiger partial charge in [0.25, 0.3) is 0 Å². The smallest absolute Gasteiger partial charge is 0.241 e. The van der Waals surface area contributed by atoms with E-state index in [0.29, 0.717) is 12.4 Å². The first-order valence-corrected chi connectivity index (χ1v) is 9.64. The molecule has 0 aliphatic rings. The summed E-state index contributed by atoms with van der Waals surface area (Å²) in [6.07, 6.45) is 4.25. The van der Waals surface area contributed by atoms with E-state index in [1.165, 1.54) is 30.3 Å². The molecule has 2 heterocycles. The summed E-state index contributed by atoms with van der Waals surface area (Å²) in [4.78, 5) is 4.30. The number of halogens is 1. The van der Waals surface area contributed by atoms with E-state index in [1.54, 1.807) is 6.07 Å². The first-order chi connectivity index (χ1) is 11.9. The second kappa shape index (κ2) is 7.03. The average Bonchev–Trinajstić information content (AvgIpc) is 2.91. The summed E-state index contributed by atoms with van der Waals surface area (Å²) in [6, 6.07) is 9.07. The first-order valence-electron chi connectivity index (χ1n) is 7.77. The van der Waals surface area contributed by atoms with E-state index in [1.807, 2.05) is 25.2 Å². The van der Waals surface area contributed by atoms with Gasteiger partial charge in [-0.1, -0.05) is 17.7 Å². The molecule has 0 fully saturated rings. The zero-order chi connectivity index (χ0) is 18.0. The number of sulfonamides is 1. The maximum absolute atomic E-state index is 11.7. The van der Waals surface area contributed by atoms with Crippen molar-refractivity contribution >= 4 is 38.3 Å². The monoisotopic (exact) mass is 378 g/mol. The van der Waals surface area contributed by atoms with Gasteiger partial charge in [-0.05, 0) is 43.3 Å². The molecule has 6 nitrogen and oxygen atoms in total. The van der Waals surface area contributed by atoms with Crippen LogP contribution in [0.25, 0.3) is 10.9 Å². The van der Waals surface area contributed by atoms with Crippen LogP contribution in [0.2, 0.25) is 5.02 Å². The molecule has 8 heteroatoms. The minimum Gasteiger partial charge on any atom is -0.370 e. The number of hydrogen-bond acceptors (Lipinski definition) is 4. The summed E-state index contributed by atoms with van der Waals surface area (Å²) in [5.41, 5.74) is 2.32. The Morgan fingerprint density at radius 3 is 2.72 bits per heavy atom. The van der Waals surface area contributed by atoms with Crippen molar-refractivity contribution < 1.29 is 8.42 Å². The molecule has 25 heavy (non-hydrogen) atoms. The van der Waals surface area contributed by atoms with E-state index in [4.69, 9.17) is 11.6 Å². The molecule has 0 aliphatic carbocycles. The molecule has 0 amide bonds. The van der Waals surface area contributed by atoms with Gasteiger partial charge >= 0.3 is 0 Å². The van der Waals surface area contributed by atoms with E-state index >= 15 is 0 Å². The lowest BCUT2D eigenvalue weighted by molar-refractivity contribution is 0.588. The third-order valence-electron chi connectivity index (χ3n) is 4.05. The van der Waals surface area contributed by atoms with Gasteiger partial charge in [0.2, 0.25) is 10.0 Å². The fourth-order valence-electron chi connectivity index (χ4n) is 2.73. The predicted octanol–water partition coefficient (Wildman–Crippen LogP) is 2.79. The number of pyridine rings is 1. The van der Waals surface area contributed by atoms with Crippen LogP contribution in [0.15, 0.2) is 47.6 Å². The van der Waals surface area contributed by atoms with Crippen molar-refractivity contribution in [1.82, 2.24) is 14.3 Å². The summed E-state index contributed by atoms with van der Waals surface area (Å²) in [5.74, 6) is 0.637. The Labute approximate surface area is 151 Å². The topological polar surface area (TPSA) is 76.0 Å². The molecule has 0 bridgehead atoms. The van der Waals surface area contributed by atoms with Gasteiger partial charge < -0.3 is 9.88 Å². The van der Waals surface area contributed by atoms with Crippen molar-refractivity contribution in [3.63, 3.8) is 0 Å². The van der Waals surface area contributed by atoms with Crippen LogP contribution >= 0.6 is 11.6 Å². The third-order valence-corrected chi connectivity index (χ3v) is 5.69. The lowest BCUT2D eigenvalue weighted by atomic mass is 10.1. The number of benzene rings is 1. The Bertz CT molecular complexity index is 997. The van der Waals surface area contributed by atoms with Crippen LogP contribution in [0.5, 0.6) is 0 Å². The molecule has 0 spiro atoms. The number of fused-ring (bicyclic) bond motifs is 1. The Hall–Kier alpha value is -2.09. The minimum atomic E-state index is -3.46. The van der Waals surface area contributed by atoms with Gasteiger partial charge in [-0.3, -0.25) is 0 Å². The molecule has 0 saturated carbocycles. The minimum absolute atomic E-state index is 0.145. The molecule has 3 aromatic rings. The van der Waals surface area contributed by atoms with Gasteiger partial charge in [0.15, 0.2) is 0 Å². The van der Waals surface area contributed by atoms with Gasteiger partial charge in [0.1, 0.15) is 10.7 Å². The van der Waals surface area contributed by atoms with Crippen molar-refractivity contribution in [1.29, 1.82) is 0 Å². The lowest BCUT2D eigenvalue weighted by Crippen LogP contribution is -2.18. The number of anilines is 1. The molecule has 0 atom stereocenters. The average molecular weight is 379 g/mol. The summed E-state index contributed by atoms with van der Waals surface area (Å²) in [6.45, 7) is 0.687. The molecule has 3 rings (SSSR count). The maximum atomic E-state index is 11.7. The van der Waals surface area contributed by atoms with Crippen LogP contribution in [-0.2, 0) is 23.5 Å². The molecule has 2 N–H and O–H groups in total. The fourth-order valence-corrected chi connectivity index (χ4v) is 3.57. The molecule has 132 valence electrons. The van der Waals surface area contributed by atoms with Gasteiger partial charge in [0, 0.05) is 41.9 Å². The summed E-state index contributed by atoms with van der Waals surface area (Å²) >= 11 is 6.06. The highest BCUT2D eigenvalue weighted by atomic mass is 35.5. The summed E-state index contributed by atoms with van der Waals surface area (Å²) in [5, 5.41) is 5.11. The van der Waals surface area contributed by atoms with Crippen molar-refractivity contribution in [2.75, 3.05) is 18.9 Å². The van der Waals surface area contributed by atoms with Crippen molar-refractivity contribution in [3.8, 4) is 0 Å². The second-order valence-electron chi connectivity index (χ2n) is 5.69. The Kier molecular flexibility index (Phi) is 4.99. The van der Waals surface area contributed by atoms with Crippen LogP contribution in [0.4, 0.5) is 5.82 Å². The van der Waals surface area contributed by atoms with Crippen LogP contribution in [0.3, 0.4) is 0 Å². The Morgan fingerprint density at radius 1 is 1.24 bits per heavy atom. The van der Waals surface area contributed by atoms with Gasteiger partial charge in [-0.2, -0.15) is 0 Å². The van der Waals surface area contributed by atoms with Crippen molar-refractivity contribution in [3.05, 3.63) is 53.3 Å². The third kappa shape index (κ3) is 3.78. The standard InChI is InChI=1S/C17H19ClN4O2S/c1-19-25(23,24)14-4-6-17(21-10-14)20-8-7-12-11-22(2)16-9-13(18)3-5-15(12)16/h3-6,9-11,19H,7-8H2,1-2H3,(H,20,21). The quantitative estimate of drug-likeness (QED) is 0.691. The highest BCUT2D eigenvalue weighted by molar-refractivity contribution is 7.89. The SMILES string of the molecule is CNS(=O)(=O)c1ccc(NCCc2cn(C)c3cc(Cl)ccc23)nc1. The van der Waals surface area contributed by atoms with Gasteiger partial charge in [-0.15, -0.1) is 0 Å². The highest BCUT2D eigenvalue weighted by Crippen LogP contribution is 2.24. The van der Waals surface area contributed by atoms with Gasteiger partial charge in [-0.25, -0.2) is 18.1 Å². The molecule has 1 aromatic carbocycles. The number of rotatable bonds is 6. The Morgan fingerprint density at radius 2 is 2.04 bits per heavy atom. The summed E-state index contributed by atoms with van der Waals surface area (Å²) < 4.78 is 27.7. The normalized spacial score (nSPS) is 11.8. The van der Waals surface area contributed by atoms with Crippen LogP contribution < -0.4 is 10.0 Å². The van der Waals surface area contributed by atoms with Crippen LogP contribution in [0, 0.1) is 0 Å². The van der Waals surface area contributed by atoms with Crippen molar-refractivity contribution in [2.45, 2.75) is 11.3 Å². The van der Waals surface area contributed by atoms with Crippen LogP contribution in [-0.4, -0.2) is 31.6 Å². The van der Waals surface area contributed by atoms with E-state index in [0.717, 1.165) is 17.0 Å². The zero-order valence-corrected chi connectivity index (χ0v) is 15.5. The van der Waals surface area contributed by atoms with Crippen LogP contribution in [0.1, 0.15) is 5.56 Å². The number of aromatic nitrogens is 2. The predicted molar refractivity (Wildman–Crippen MR) is 101 cm³/mol. The van der Waals surface area contributed by atoms with Gasteiger partial charge in [0.05, 0.1) is 0 Å². The number of aryl methyl sites for hydroxylation is 1. The molecule has 0 saturated heterocycles. The number of nitrogens with zero attached hydrogens (tertiary/aromatic N) is 2. The largest absolute Gasteiger partial charge is 0.370 e. The second-order valence-corrected chi connectivity index (χ2v) is 8.01. The summed E-state index contributed by atoms with van der Waals surface area (Å²) in [7, 11) is -0.0854. The first kappa shape index (κ1) is 17.7. The van der Waals surface area contributed by atoms with E-state index in [9.17, 15) is 8.42 Å². The van der Waals surface area contributed by atoms with E-state index in [2.05, 4.69) is 25.8 Å². The number of hydrogen-bond donors (Lipinski definition) is 2. The maximum Gasteiger partial charge on any atom is 0.241 e. The fraction of sp³-hybridized carbons (Fsp3) is 0.235.